The van der Waals surface area contributed by atoms with Gasteiger partial charge in [-0.2, -0.15) is 0 Å². The topological polar surface area (TPSA) is 47.3 Å². The minimum Gasteiger partial charge on any atom is -0.489 e. The average Bonchev–Trinajstić information content (AvgIpc) is 2.40. The van der Waals surface area contributed by atoms with E-state index in [1.807, 2.05) is 26.0 Å². The molecule has 1 aromatic rings. The highest BCUT2D eigenvalue weighted by atomic mass is 16.5. The summed E-state index contributed by atoms with van der Waals surface area (Å²) in [4.78, 5) is 0. The van der Waals surface area contributed by atoms with Crippen molar-refractivity contribution in [1.82, 2.24) is 5.32 Å². The summed E-state index contributed by atoms with van der Waals surface area (Å²) in [5.41, 5.74) is 8.04. The van der Waals surface area contributed by atoms with Gasteiger partial charge in [0.25, 0.3) is 0 Å². The van der Waals surface area contributed by atoms with Crippen LogP contribution in [-0.2, 0) is 6.42 Å². The molecule has 0 saturated carbocycles. The van der Waals surface area contributed by atoms with Crippen LogP contribution in [0.4, 0.5) is 5.69 Å². The number of nitrogens with one attached hydrogen (secondary N) is 1. The van der Waals surface area contributed by atoms with Crippen molar-refractivity contribution in [2.24, 2.45) is 0 Å². The van der Waals surface area contributed by atoms with E-state index >= 15 is 0 Å². The average molecular weight is 278 g/mol. The molecule has 20 heavy (non-hydrogen) atoms. The summed E-state index contributed by atoms with van der Waals surface area (Å²) in [6, 6.07) is 6.14. The van der Waals surface area contributed by atoms with Gasteiger partial charge in [-0.3, -0.25) is 0 Å². The molecule has 0 aromatic heterocycles. The lowest BCUT2D eigenvalue weighted by Gasteiger charge is -2.13. The fraction of sp³-hybridized carbons (Fsp3) is 0.647. The number of ether oxygens (including phenoxy) is 1. The lowest BCUT2D eigenvalue weighted by atomic mass is 10.1. The van der Waals surface area contributed by atoms with Gasteiger partial charge in [0.05, 0.1) is 11.8 Å². The number of benzene rings is 1. The Labute approximate surface area is 123 Å². The molecule has 3 N–H and O–H groups in total. The normalized spacial score (nSPS) is 11.0. The van der Waals surface area contributed by atoms with Crippen LogP contribution in [0.15, 0.2) is 18.2 Å². The smallest absolute Gasteiger partial charge is 0.142 e. The zero-order chi connectivity index (χ0) is 14.8. The van der Waals surface area contributed by atoms with Gasteiger partial charge in [0.15, 0.2) is 0 Å². The van der Waals surface area contributed by atoms with Crippen LogP contribution in [0.1, 0.15) is 52.0 Å². The molecular formula is C17H30N2O. The molecule has 0 saturated heterocycles. The third-order valence-electron chi connectivity index (χ3n) is 3.21. The van der Waals surface area contributed by atoms with Gasteiger partial charge in [0, 0.05) is 0 Å². The number of anilines is 1. The standard InChI is InChI=1S/C17H30N2O/c1-4-5-6-11-19-12-7-8-15-9-10-17(16(18)13-15)20-14(2)3/h9-10,13-14,19H,4-8,11-12,18H2,1-3H3. The maximum atomic E-state index is 6.01. The summed E-state index contributed by atoms with van der Waals surface area (Å²) >= 11 is 0. The number of nitrogens with two attached hydrogens (primary N) is 1. The van der Waals surface area contributed by atoms with Gasteiger partial charge in [-0.05, 0) is 63.9 Å². The van der Waals surface area contributed by atoms with Crippen molar-refractivity contribution in [3.8, 4) is 5.75 Å². The third kappa shape index (κ3) is 6.80. The molecule has 0 amide bonds. The summed E-state index contributed by atoms with van der Waals surface area (Å²) in [6.07, 6.45) is 6.26. The van der Waals surface area contributed by atoms with Crippen LogP contribution in [-0.4, -0.2) is 19.2 Å². The molecule has 1 rings (SSSR count). The molecule has 0 heterocycles. The van der Waals surface area contributed by atoms with Crippen LogP contribution >= 0.6 is 0 Å². The summed E-state index contributed by atoms with van der Waals surface area (Å²) in [5, 5.41) is 3.49. The van der Waals surface area contributed by atoms with Gasteiger partial charge >= 0.3 is 0 Å². The van der Waals surface area contributed by atoms with Gasteiger partial charge in [-0.25, -0.2) is 0 Å². The lowest BCUT2D eigenvalue weighted by Crippen LogP contribution is -2.17. The highest BCUT2D eigenvalue weighted by molar-refractivity contribution is 5.54. The number of unbranched alkanes of at least 4 members (excludes halogenated alkanes) is 2. The van der Waals surface area contributed by atoms with E-state index in [9.17, 15) is 0 Å². The van der Waals surface area contributed by atoms with Crippen LogP contribution < -0.4 is 15.8 Å². The van der Waals surface area contributed by atoms with Crippen LogP contribution in [0.5, 0.6) is 5.75 Å². The molecule has 3 nitrogen and oxygen atoms in total. The van der Waals surface area contributed by atoms with Gasteiger partial charge in [-0.1, -0.05) is 25.8 Å². The SMILES string of the molecule is CCCCCNCCCc1ccc(OC(C)C)c(N)c1. The van der Waals surface area contributed by atoms with Crippen LogP contribution in [0.2, 0.25) is 0 Å². The number of rotatable bonds is 10. The summed E-state index contributed by atoms with van der Waals surface area (Å²) in [5.74, 6) is 0.793. The third-order valence-corrected chi connectivity index (χ3v) is 3.21. The second-order valence-corrected chi connectivity index (χ2v) is 5.60. The maximum absolute atomic E-state index is 6.01. The molecule has 3 heteroatoms. The molecule has 0 spiro atoms. The van der Waals surface area contributed by atoms with Crippen LogP contribution in [0.3, 0.4) is 0 Å². The van der Waals surface area contributed by atoms with E-state index < -0.39 is 0 Å². The van der Waals surface area contributed by atoms with E-state index in [0.29, 0.717) is 0 Å². The zero-order valence-electron chi connectivity index (χ0n) is 13.2. The van der Waals surface area contributed by atoms with E-state index in [1.165, 1.54) is 24.8 Å². The lowest BCUT2D eigenvalue weighted by molar-refractivity contribution is 0.244. The molecular weight excluding hydrogens is 248 g/mol. The Hall–Kier alpha value is -1.22. The Balaban J connectivity index is 2.25. The number of aryl methyl sites for hydroxylation is 1. The van der Waals surface area contributed by atoms with Crippen LogP contribution in [0.25, 0.3) is 0 Å². The van der Waals surface area contributed by atoms with Crippen molar-refractivity contribution in [3.63, 3.8) is 0 Å². The first-order chi connectivity index (χ1) is 9.63. The Bertz CT molecular complexity index is 377. The maximum Gasteiger partial charge on any atom is 0.142 e. The molecule has 0 aliphatic carbocycles. The predicted octanol–water partition coefficient (Wildman–Crippen LogP) is 3.77. The summed E-state index contributed by atoms with van der Waals surface area (Å²) in [7, 11) is 0. The monoisotopic (exact) mass is 278 g/mol. The highest BCUT2D eigenvalue weighted by Gasteiger charge is 2.04. The fourth-order valence-electron chi connectivity index (χ4n) is 2.16. The highest BCUT2D eigenvalue weighted by Crippen LogP contribution is 2.24. The number of hydrogen-bond acceptors (Lipinski definition) is 3. The number of hydrogen-bond donors (Lipinski definition) is 2. The second-order valence-electron chi connectivity index (χ2n) is 5.60. The number of nitrogen functional groups attached to an aromatic ring is 1. The Morgan fingerprint density at radius 2 is 1.90 bits per heavy atom. The second kappa shape index (κ2) is 9.65. The van der Waals surface area contributed by atoms with Gasteiger partial charge in [0.1, 0.15) is 5.75 Å². The van der Waals surface area contributed by atoms with E-state index in [0.717, 1.165) is 37.4 Å². The first-order valence-corrected chi connectivity index (χ1v) is 7.89. The molecule has 1 aromatic carbocycles. The van der Waals surface area contributed by atoms with Crippen molar-refractivity contribution in [2.45, 2.75) is 59.0 Å². The fourth-order valence-corrected chi connectivity index (χ4v) is 2.16. The van der Waals surface area contributed by atoms with Crippen molar-refractivity contribution in [1.29, 1.82) is 0 Å². The van der Waals surface area contributed by atoms with Crippen molar-refractivity contribution in [2.75, 3.05) is 18.8 Å². The van der Waals surface area contributed by atoms with Gasteiger partial charge in [0.2, 0.25) is 0 Å². The predicted molar refractivity (Wildman–Crippen MR) is 87.3 cm³/mol. The Morgan fingerprint density at radius 3 is 2.55 bits per heavy atom. The quantitative estimate of drug-likeness (QED) is 0.506. The molecule has 0 atom stereocenters. The minimum atomic E-state index is 0.162. The van der Waals surface area contributed by atoms with Crippen molar-refractivity contribution in [3.05, 3.63) is 23.8 Å². The van der Waals surface area contributed by atoms with E-state index in [2.05, 4.69) is 18.3 Å². The van der Waals surface area contributed by atoms with Crippen molar-refractivity contribution >= 4 is 5.69 Å². The molecule has 114 valence electrons. The van der Waals surface area contributed by atoms with E-state index in [4.69, 9.17) is 10.5 Å². The molecule has 0 aliphatic rings. The van der Waals surface area contributed by atoms with E-state index in [1.54, 1.807) is 0 Å². The summed E-state index contributed by atoms with van der Waals surface area (Å²) < 4.78 is 5.64. The largest absolute Gasteiger partial charge is 0.489 e. The zero-order valence-corrected chi connectivity index (χ0v) is 13.2. The first kappa shape index (κ1) is 16.8. The van der Waals surface area contributed by atoms with Crippen LogP contribution in [0, 0.1) is 0 Å². The molecule has 0 unspecified atom stereocenters. The molecule has 0 bridgehead atoms. The molecule has 0 radical (unpaired) electrons. The van der Waals surface area contributed by atoms with E-state index in [-0.39, 0.29) is 6.10 Å². The first-order valence-electron chi connectivity index (χ1n) is 7.89. The van der Waals surface area contributed by atoms with Gasteiger partial charge in [-0.15, -0.1) is 0 Å². The molecule has 0 aliphatic heterocycles. The minimum absolute atomic E-state index is 0.162. The molecule has 0 fully saturated rings. The van der Waals surface area contributed by atoms with Crippen molar-refractivity contribution < 1.29 is 4.74 Å². The summed E-state index contributed by atoms with van der Waals surface area (Å²) in [6.45, 7) is 8.47. The van der Waals surface area contributed by atoms with Gasteiger partial charge < -0.3 is 15.8 Å². The Kier molecular flexibility index (Phi) is 8.12. The Morgan fingerprint density at radius 1 is 1.15 bits per heavy atom.